The largest absolute Gasteiger partial charge is 0.387 e. The molecule has 0 fully saturated rings. The molecule has 0 saturated heterocycles. The normalized spacial score (nSPS) is 13.0. The first kappa shape index (κ1) is 9.99. The van der Waals surface area contributed by atoms with E-state index in [2.05, 4.69) is 15.9 Å². The van der Waals surface area contributed by atoms with Crippen LogP contribution in [0.4, 0.5) is 0 Å². The topological polar surface area (TPSA) is 46.2 Å². The summed E-state index contributed by atoms with van der Waals surface area (Å²) in [5.74, 6) is 0. The van der Waals surface area contributed by atoms with E-state index in [4.69, 9.17) is 17.3 Å². The highest BCUT2D eigenvalue weighted by molar-refractivity contribution is 9.10. The maximum atomic E-state index is 9.42. The van der Waals surface area contributed by atoms with Gasteiger partial charge in [0.15, 0.2) is 0 Å². The van der Waals surface area contributed by atoms with Crippen LogP contribution in [0.2, 0.25) is 5.02 Å². The number of rotatable bonds is 2. The highest BCUT2D eigenvalue weighted by Crippen LogP contribution is 2.25. The first-order valence-electron chi connectivity index (χ1n) is 3.48. The van der Waals surface area contributed by atoms with Crippen molar-refractivity contribution in [2.24, 2.45) is 5.73 Å². The van der Waals surface area contributed by atoms with Gasteiger partial charge in [-0.05, 0) is 23.8 Å². The predicted octanol–water partition coefficient (Wildman–Crippen LogP) is 2.09. The fourth-order valence-electron chi connectivity index (χ4n) is 0.897. The Kier molecular flexibility index (Phi) is 3.53. The molecule has 0 aliphatic heterocycles. The van der Waals surface area contributed by atoms with E-state index in [1.54, 1.807) is 18.2 Å². The molecule has 12 heavy (non-hydrogen) atoms. The van der Waals surface area contributed by atoms with Gasteiger partial charge in [0.2, 0.25) is 0 Å². The van der Waals surface area contributed by atoms with Crippen molar-refractivity contribution in [2.75, 3.05) is 6.54 Å². The van der Waals surface area contributed by atoms with Crippen LogP contribution in [0.1, 0.15) is 11.7 Å². The summed E-state index contributed by atoms with van der Waals surface area (Å²) in [7, 11) is 0. The van der Waals surface area contributed by atoms with Crippen molar-refractivity contribution in [1.82, 2.24) is 0 Å². The molecule has 0 aliphatic carbocycles. The number of nitrogens with two attached hydrogens (primary N) is 1. The third kappa shape index (κ3) is 2.20. The lowest BCUT2D eigenvalue weighted by Gasteiger charge is -2.10. The molecule has 0 amide bonds. The van der Waals surface area contributed by atoms with Gasteiger partial charge in [-0.25, -0.2) is 0 Å². The monoisotopic (exact) mass is 249 g/mol. The average molecular weight is 251 g/mol. The van der Waals surface area contributed by atoms with Gasteiger partial charge < -0.3 is 10.8 Å². The number of halogens is 2. The molecule has 3 N–H and O–H groups in total. The van der Waals surface area contributed by atoms with Gasteiger partial charge in [-0.15, -0.1) is 0 Å². The second kappa shape index (κ2) is 4.23. The van der Waals surface area contributed by atoms with Crippen LogP contribution in [0.3, 0.4) is 0 Å². The van der Waals surface area contributed by atoms with Crippen LogP contribution < -0.4 is 5.73 Å². The van der Waals surface area contributed by atoms with Gasteiger partial charge in [0, 0.05) is 16.0 Å². The molecular weight excluding hydrogens is 241 g/mol. The molecule has 0 saturated carbocycles. The van der Waals surface area contributed by atoms with Crippen molar-refractivity contribution in [3.05, 3.63) is 33.3 Å². The van der Waals surface area contributed by atoms with Gasteiger partial charge in [-0.3, -0.25) is 0 Å². The molecule has 0 aromatic heterocycles. The average Bonchev–Trinajstić information content (AvgIpc) is 2.08. The fraction of sp³-hybridized carbons (Fsp3) is 0.250. The summed E-state index contributed by atoms with van der Waals surface area (Å²) in [6.07, 6.45) is -0.655. The summed E-state index contributed by atoms with van der Waals surface area (Å²) >= 11 is 9.04. The molecule has 66 valence electrons. The minimum atomic E-state index is -0.655. The summed E-state index contributed by atoms with van der Waals surface area (Å²) in [4.78, 5) is 0. The van der Waals surface area contributed by atoms with E-state index in [0.29, 0.717) is 5.02 Å². The Bertz CT molecular complexity index is 280. The quantitative estimate of drug-likeness (QED) is 0.844. The summed E-state index contributed by atoms with van der Waals surface area (Å²) in [5, 5.41) is 10.0. The highest BCUT2D eigenvalue weighted by atomic mass is 79.9. The smallest absolute Gasteiger partial charge is 0.0923 e. The Morgan fingerprint density at radius 3 is 2.83 bits per heavy atom. The summed E-state index contributed by atoms with van der Waals surface area (Å²) in [5.41, 5.74) is 6.04. The predicted molar refractivity (Wildman–Crippen MR) is 53.2 cm³/mol. The van der Waals surface area contributed by atoms with Crippen molar-refractivity contribution in [2.45, 2.75) is 6.10 Å². The second-order valence-corrected chi connectivity index (χ2v) is 3.71. The number of benzene rings is 1. The maximum absolute atomic E-state index is 9.42. The van der Waals surface area contributed by atoms with Crippen molar-refractivity contribution >= 4 is 27.5 Å². The molecule has 1 aromatic carbocycles. The molecular formula is C8H9BrClNO. The molecule has 1 atom stereocenters. The van der Waals surface area contributed by atoms with E-state index in [1.165, 1.54) is 0 Å². The van der Waals surface area contributed by atoms with Crippen LogP contribution in [-0.2, 0) is 0 Å². The number of aliphatic hydroxyl groups is 1. The Morgan fingerprint density at radius 2 is 2.25 bits per heavy atom. The minimum absolute atomic E-state index is 0.193. The molecule has 0 aliphatic rings. The third-order valence-corrected chi connectivity index (χ3v) is 2.50. The van der Waals surface area contributed by atoms with Crippen LogP contribution >= 0.6 is 27.5 Å². The second-order valence-electron chi connectivity index (χ2n) is 2.42. The Hall–Kier alpha value is -0.0900. The highest BCUT2D eigenvalue weighted by Gasteiger charge is 2.09. The zero-order valence-corrected chi connectivity index (χ0v) is 8.64. The van der Waals surface area contributed by atoms with E-state index >= 15 is 0 Å². The van der Waals surface area contributed by atoms with E-state index in [1.807, 2.05) is 0 Å². The van der Waals surface area contributed by atoms with Crippen LogP contribution in [0.5, 0.6) is 0 Å². The fourth-order valence-corrected chi connectivity index (χ4v) is 1.59. The van der Waals surface area contributed by atoms with Crippen molar-refractivity contribution in [3.63, 3.8) is 0 Å². The van der Waals surface area contributed by atoms with Crippen molar-refractivity contribution < 1.29 is 5.11 Å². The minimum Gasteiger partial charge on any atom is -0.387 e. The van der Waals surface area contributed by atoms with Crippen LogP contribution in [0.25, 0.3) is 0 Å². The van der Waals surface area contributed by atoms with Gasteiger partial charge in [0.1, 0.15) is 0 Å². The van der Waals surface area contributed by atoms with Gasteiger partial charge in [-0.1, -0.05) is 27.5 Å². The van der Waals surface area contributed by atoms with E-state index in [9.17, 15) is 5.11 Å². The van der Waals surface area contributed by atoms with Crippen molar-refractivity contribution in [1.29, 1.82) is 0 Å². The maximum Gasteiger partial charge on any atom is 0.0923 e. The molecule has 0 bridgehead atoms. The Labute approximate surface area is 84.5 Å². The van der Waals surface area contributed by atoms with E-state index < -0.39 is 6.10 Å². The number of hydrogen-bond acceptors (Lipinski definition) is 2. The molecule has 1 aromatic rings. The van der Waals surface area contributed by atoms with E-state index in [-0.39, 0.29) is 6.54 Å². The van der Waals surface area contributed by atoms with Gasteiger partial charge in [0.25, 0.3) is 0 Å². The molecule has 2 nitrogen and oxygen atoms in total. The molecule has 0 radical (unpaired) electrons. The standard InChI is InChI=1S/C8H9BrClNO/c9-7-2-1-5(10)3-6(7)8(12)4-11/h1-3,8,12H,4,11H2. The molecule has 1 rings (SSSR count). The number of aliphatic hydroxyl groups excluding tert-OH is 1. The lowest BCUT2D eigenvalue weighted by atomic mass is 10.1. The molecule has 0 spiro atoms. The molecule has 0 heterocycles. The summed E-state index contributed by atoms with van der Waals surface area (Å²) in [6, 6.07) is 5.23. The first-order valence-corrected chi connectivity index (χ1v) is 4.65. The lowest BCUT2D eigenvalue weighted by Crippen LogP contribution is -2.11. The van der Waals surface area contributed by atoms with Crippen LogP contribution in [-0.4, -0.2) is 11.7 Å². The third-order valence-electron chi connectivity index (χ3n) is 1.54. The summed E-state index contributed by atoms with van der Waals surface area (Å²) in [6.45, 7) is 0.193. The lowest BCUT2D eigenvalue weighted by molar-refractivity contribution is 0.186. The van der Waals surface area contributed by atoms with Crippen LogP contribution in [0, 0.1) is 0 Å². The Morgan fingerprint density at radius 1 is 1.58 bits per heavy atom. The van der Waals surface area contributed by atoms with Gasteiger partial charge in [-0.2, -0.15) is 0 Å². The van der Waals surface area contributed by atoms with Crippen LogP contribution in [0.15, 0.2) is 22.7 Å². The van der Waals surface area contributed by atoms with E-state index in [0.717, 1.165) is 10.0 Å². The molecule has 4 heteroatoms. The SMILES string of the molecule is NCC(O)c1cc(Cl)ccc1Br. The number of hydrogen-bond donors (Lipinski definition) is 2. The van der Waals surface area contributed by atoms with Crippen molar-refractivity contribution in [3.8, 4) is 0 Å². The summed E-state index contributed by atoms with van der Waals surface area (Å²) < 4.78 is 0.824. The van der Waals surface area contributed by atoms with Gasteiger partial charge in [0.05, 0.1) is 6.10 Å². The zero-order valence-electron chi connectivity index (χ0n) is 6.30. The first-order chi connectivity index (χ1) is 5.65. The Balaban J connectivity index is 3.04. The van der Waals surface area contributed by atoms with Gasteiger partial charge >= 0.3 is 0 Å². The molecule has 1 unspecified atom stereocenters. The zero-order chi connectivity index (χ0) is 9.14.